The van der Waals surface area contributed by atoms with Crippen LogP contribution in [0.15, 0.2) is 4.99 Å². The van der Waals surface area contributed by atoms with Gasteiger partial charge in [-0.05, 0) is 60.3 Å². The van der Waals surface area contributed by atoms with Gasteiger partial charge in [0.15, 0.2) is 11.7 Å². The van der Waals surface area contributed by atoms with Gasteiger partial charge in [-0.25, -0.2) is 4.79 Å². The fourth-order valence-electron chi connectivity index (χ4n) is 4.10. The predicted octanol–water partition coefficient (Wildman–Crippen LogP) is -0.124. The van der Waals surface area contributed by atoms with E-state index in [9.17, 15) is 24.3 Å². The Labute approximate surface area is 195 Å². The number of carbonyl (C=O) groups is 4. The molecule has 0 radical (unpaired) electrons. The quantitative estimate of drug-likeness (QED) is 0.130. The number of ketones is 1. The number of guanidine groups is 1. The first kappa shape index (κ1) is 28.3. The molecule has 8 N–H and O–H groups in total. The molecule has 1 aliphatic rings. The van der Waals surface area contributed by atoms with E-state index in [1.54, 1.807) is 6.92 Å². The number of hydrogen-bond acceptors (Lipinski definition) is 6. The Balaban J connectivity index is 2.67. The second kappa shape index (κ2) is 12.5. The highest BCUT2D eigenvalue weighted by Gasteiger charge is 2.40. The largest absolute Gasteiger partial charge is 0.480 e. The highest BCUT2D eigenvalue weighted by atomic mass is 16.4. The molecule has 33 heavy (non-hydrogen) atoms. The number of carboxylic acid groups (broad SMARTS) is 1. The van der Waals surface area contributed by atoms with Crippen molar-refractivity contribution in [3.05, 3.63) is 0 Å². The summed E-state index contributed by atoms with van der Waals surface area (Å²) in [4.78, 5) is 53.5. The van der Waals surface area contributed by atoms with Gasteiger partial charge in [-0.1, -0.05) is 6.42 Å². The normalized spacial score (nSPS) is 20.9. The minimum Gasteiger partial charge on any atom is -0.480 e. The van der Waals surface area contributed by atoms with Crippen molar-refractivity contribution in [1.29, 1.82) is 0 Å². The van der Waals surface area contributed by atoms with Gasteiger partial charge in [0.05, 0.1) is 6.04 Å². The Kier molecular flexibility index (Phi) is 10.8. The van der Waals surface area contributed by atoms with E-state index in [2.05, 4.69) is 20.9 Å². The number of Topliss-reactive ketones (excluding diaryl/α,β-unsaturated/α-hetero) is 1. The van der Waals surface area contributed by atoms with Crippen molar-refractivity contribution in [2.75, 3.05) is 6.54 Å². The molecule has 0 saturated heterocycles. The summed E-state index contributed by atoms with van der Waals surface area (Å²) in [5, 5.41) is 17.7. The van der Waals surface area contributed by atoms with Crippen molar-refractivity contribution in [2.45, 2.75) is 90.4 Å². The van der Waals surface area contributed by atoms with E-state index in [1.165, 1.54) is 6.92 Å². The molecule has 0 aromatic rings. The SMILES string of the molecule is C[C@H](NC(=O)[C@@H]1CCCC1C(=O)[C@H](C)NC(C)(C)C)C(=O)N[C@@H](CCCN=C(N)N)C(=O)O. The van der Waals surface area contributed by atoms with Crippen molar-refractivity contribution < 1.29 is 24.3 Å². The van der Waals surface area contributed by atoms with Crippen LogP contribution < -0.4 is 27.4 Å². The van der Waals surface area contributed by atoms with Crippen molar-refractivity contribution in [3.63, 3.8) is 0 Å². The Morgan fingerprint density at radius 3 is 2.18 bits per heavy atom. The van der Waals surface area contributed by atoms with E-state index in [0.717, 1.165) is 6.42 Å². The van der Waals surface area contributed by atoms with Crippen molar-refractivity contribution in [3.8, 4) is 0 Å². The molecule has 0 bridgehead atoms. The molecule has 11 heteroatoms. The van der Waals surface area contributed by atoms with Crippen LogP contribution in [0.3, 0.4) is 0 Å². The van der Waals surface area contributed by atoms with Crippen LogP contribution in [0.4, 0.5) is 0 Å². The maximum atomic E-state index is 12.9. The molecule has 0 aliphatic heterocycles. The Bertz CT molecular complexity index is 744. The Hall–Kier alpha value is -2.69. The molecule has 11 nitrogen and oxygen atoms in total. The minimum absolute atomic E-state index is 0.00797. The number of carboxylic acids is 1. The highest BCUT2D eigenvalue weighted by Crippen LogP contribution is 2.33. The molecule has 0 heterocycles. The van der Waals surface area contributed by atoms with Gasteiger partial charge in [-0.2, -0.15) is 0 Å². The van der Waals surface area contributed by atoms with Crippen molar-refractivity contribution in [1.82, 2.24) is 16.0 Å². The van der Waals surface area contributed by atoms with E-state index in [-0.39, 0.29) is 42.2 Å². The monoisotopic (exact) mass is 468 g/mol. The topological polar surface area (TPSA) is 189 Å². The lowest BCUT2D eigenvalue weighted by molar-refractivity contribution is -0.142. The molecule has 1 saturated carbocycles. The van der Waals surface area contributed by atoms with Crippen LogP contribution >= 0.6 is 0 Å². The summed E-state index contributed by atoms with van der Waals surface area (Å²) in [6.45, 7) is 9.45. The molecule has 0 spiro atoms. The van der Waals surface area contributed by atoms with E-state index in [0.29, 0.717) is 19.3 Å². The number of carbonyl (C=O) groups excluding carboxylic acids is 3. The van der Waals surface area contributed by atoms with Crippen LogP contribution in [0.1, 0.15) is 66.7 Å². The fraction of sp³-hybridized carbons (Fsp3) is 0.773. The number of nitrogens with two attached hydrogens (primary N) is 2. The molecule has 188 valence electrons. The smallest absolute Gasteiger partial charge is 0.326 e. The van der Waals surface area contributed by atoms with E-state index in [1.807, 2.05) is 20.8 Å². The standard InChI is InChI=1S/C22H40N6O5/c1-12(28-22(3,4)5)17(29)14-8-6-9-15(14)19(31)26-13(2)18(30)27-16(20(32)33)10-7-11-25-21(23)24/h12-16,28H,6-11H2,1-5H3,(H,26,31)(H,27,30)(H,32,33)(H4,23,24,25)/t12-,13-,14?,15+,16-/m0/s1. The molecule has 1 unspecified atom stereocenters. The van der Waals surface area contributed by atoms with E-state index < -0.39 is 35.8 Å². The third-order valence-corrected chi connectivity index (χ3v) is 5.61. The van der Waals surface area contributed by atoms with Gasteiger partial charge < -0.3 is 32.5 Å². The average molecular weight is 469 g/mol. The van der Waals surface area contributed by atoms with Crippen LogP contribution in [0.25, 0.3) is 0 Å². The van der Waals surface area contributed by atoms with E-state index in [4.69, 9.17) is 11.5 Å². The fourth-order valence-corrected chi connectivity index (χ4v) is 4.10. The minimum atomic E-state index is -1.19. The van der Waals surface area contributed by atoms with Gasteiger partial charge >= 0.3 is 5.97 Å². The second-order valence-corrected chi connectivity index (χ2v) is 9.74. The van der Waals surface area contributed by atoms with Gasteiger partial charge in [-0.3, -0.25) is 19.4 Å². The molecule has 0 aromatic carbocycles. The summed E-state index contributed by atoms with van der Waals surface area (Å²) in [6, 6.07) is -2.46. The Morgan fingerprint density at radius 1 is 1.03 bits per heavy atom. The van der Waals surface area contributed by atoms with Crippen LogP contribution in [0, 0.1) is 11.8 Å². The number of hydrogen-bond donors (Lipinski definition) is 6. The Morgan fingerprint density at radius 2 is 1.64 bits per heavy atom. The number of aliphatic carboxylic acids is 1. The predicted molar refractivity (Wildman–Crippen MR) is 125 cm³/mol. The lowest BCUT2D eigenvalue weighted by Crippen LogP contribution is -2.53. The average Bonchev–Trinajstić information content (AvgIpc) is 3.17. The van der Waals surface area contributed by atoms with Gasteiger partial charge in [-0.15, -0.1) is 0 Å². The first-order valence-electron chi connectivity index (χ1n) is 11.4. The summed E-state index contributed by atoms with van der Waals surface area (Å²) in [6.07, 6.45) is 2.46. The highest BCUT2D eigenvalue weighted by molar-refractivity contribution is 5.94. The molecular weight excluding hydrogens is 428 g/mol. The second-order valence-electron chi connectivity index (χ2n) is 9.74. The summed E-state index contributed by atoms with van der Waals surface area (Å²) in [7, 11) is 0. The van der Waals surface area contributed by atoms with Crippen LogP contribution in [0.5, 0.6) is 0 Å². The van der Waals surface area contributed by atoms with Crippen LogP contribution in [0.2, 0.25) is 0 Å². The molecular formula is C22H40N6O5. The first-order valence-corrected chi connectivity index (χ1v) is 11.4. The number of aliphatic imine (C=N–C) groups is 1. The number of nitrogens with zero attached hydrogens (tertiary/aromatic N) is 1. The summed E-state index contributed by atoms with van der Waals surface area (Å²) in [5.74, 6) is -3.18. The summed E-state index contributed by atoms with van der Waals surface area (Å²) in [5.41, 5.74) is 10.2. The van der Waals surface area contributed by atoms with E-state index >= 15 is 0 Å². The van der Waals surface area contributed by atoms with Crippen LogP contribution in [-0.2, 0) is 19.2 Å². The molecule has 5 atom stereocenters. The maximum absolute atomic E-state index is 12.9. The maximum Gasteiger partial charge on any atom is 0.326 e. The molecule has 1 fully saturated rings. The zero-order chi connectivity index (χ0) is 25.3. The van der Waals surface area contributed by atoms with Gasteiger partial charge in [0, 0.05) is 23.9 Å². The van der Waals surface area contributed by atoms with Gasteiger partial charge in [0.2, 0.25) is 11.8 Å². The zero-order valence-corrected chi connectivity index (χ0v) is 20.3. The lowest BCUT2D eigenvalue weighted by atomic mass is 9.87. The van der Waals surface area contributed by atoms with Crippen molar-refractivity contribution in [2.24, 2.45) is 28.3 Å². The van der Waals surface area contributed by atoms with Crippen LogP contribution in [-0.4, -0.2) is 64.8 Å². The number of amides is 2. The third-order valence-electron chi connectivity index (χ3n) is 5.61. The first-order chi connectivity index (χ1) is 15.2. The molecule has 1 rings (SSSR count). The summed E-state index contributed by atoms with van der Waals surface area (Å²) >= 11 is 0. The summed E-state index contributed by atoms with van der Waals surface area (Å²) < 4.78 is 0. The lowest BCUT2D eigenvalue weighted by Gasteiger charge is -2.28. The zero-order valence-electron chi connectivity index (χ0n) is 20.3. The molecule has 0 aromatic heterocycles. The molecule has 1 aliphatic carbocycles. The number of rotatable bonds is 12. The third kappa shape index (κ3) is 9.77. The van der Waals surface area contributed by atoms with Crippen molar-refractivity contribution >= 4 is 29.5 Å². The van der Waals surface area contributed by atoms with Gasteiger partial charge in [0.1, 0.15) is 12.1 Å². The number of nitrogens with one attached hydrogen (secondary N) is 3. The molecule has 2 amide bonds. The van der Waals surface area contributed by atoms with Gasteiger partial charge in [0.25, 0.3) is 0 Å².